The molecule has 0 aromatic heterocycles. The number of nitrogens with one attached hydrogen (secondary N) is 1. The number of benzene rings is 2. The van der Waals surface area contributed by atoms with Gasteiger partial charge in [-0.1, -0.05) is 43.5 Å². The number of carbonyl (C=O) groups excluding carboxylic acids is 1. The molecule has 33 heavy (non-hydrogen) atoms. The van der Waals surface area contributed by atoms with Gasteiger partial charge < -0.3 is 5.32 Å². The maximum atomic E-state index is 13.5. The highest BCUT2D eigenvalue weighted by atomic mass is 32.2. The van der Waals surface area contributed by atoms with Crippen LogP contribution in [0.3, 0.4) is 0 Å². The molecular weight excluding hydrogens is 460 g/mol. The molecule has 0 unspecified atom stereocenters. The van der Waals surface area contributed by atoms with Gasteiger partial charge in [0.15, 0.2) is 14.6 Å². The highest BCUT2D eigenvalue weighted by Gasteiger charge is 2.53. The predicted octanol–water partition coefficient (Wildman–Crippen LogP) is 3.89. The molecule has 1 aliphatic heterocycles. The number of rotatable bonds is 6. The quantitative estimate of drug-likeness (QED) is 0.662. The number of aryl methyl sites for hydroxylation is 1. The highest BCUT2D eigenvalue weighted by molar-refractivity contribution is 7.93. The SMILES string of the molecule is Cc1ccc(S(=O)(=O)N2CCCCC2)cc1NC(=O)C1(S(=O)(=O)c2ccccc2)CCCC1. The molecule has 178 valence electrons. The molecule has 2 fully saturated rings. The Bertz CT molecular complexity index is 1230. The van der Waals surface area contributed by atoms with Crippen molar-refractivity contribution in [1.82, 2.24) is 4.31 Å². The third-order valence-corrected chi connectivity index (χ3v) is 11.2. The molecule has 0 radical (unpaired) electrons. The lowest BCUT2D eigenvalue weighted by Gasteiger charge is -2.28. The fourth-order valence-corrected chi connectivity index (χ4v) is 8.41. The summed E-state index contributed by atoms with van der Waals surface area (Å²) in [5.41, 5.74) is 0.999. The van der Waals surface area contributed by atoms with E-state index in [1.165, 1.54) is 22.5 Å². The second-order valence-electron chi connectivity index (χ2n) is 8.91. The molecule has 2 aromatic rings. The second-order valence-corrected chi connectivity index (χ2v) is 13.1. The minimum atomic E-state index is -3.93. The van der Waals surface area contributed by atoms with Gasteiger partial charge in [-0.05, 0) is 62.4 Å². The number of hydrogen-bond acceptors (Lipinski definition) is 5. The van der Waals surface area contributed by atoms with Crippen LogP contribution in [0.1, 0.15) is 50.5 Å². The third-order valence-electron chi connectivity index (χ3n) is 6.80. The van der Waals surface area contributed by atoms with Gasteiger partial charge >= 0.3 is 0 Å². The van der Waals surface area contributed by atoms with Crippen molar-refractivity contribution in [2.24, 2.45) is 0 Å². The topological polar surface area (TPSA) is 101 Å². The number of piperidine rings is 1. The van der Waals surface area contributed by atoms with Gasteiger partial charge in [0.2, 0.25) is 15.9 Å². The lowest BCUT2D eigenvalue weighted by molar-refractivity contribution is -0.118. The maximum Gasteiger partial charge on any atom is 0.246 e. The summed E-state index contributed by atoms with van der Waals surface area (Å²) in [4.78, 5) is 13.8. The van der Waals surface area contributed by atoms with Crippen LogP contribution in [-0.4, -0.2) is 44.9 Å². The van der Waals surface area contributed by atoms with Crippen LogP contribution in [0.2, 0.25) is 0 Å². The van der Waals surface area contributed by atoms with Crippen molar-refractivity contribution in [3.8, 4) is 0 Å². The highest BCUT2D eigenvalue weighted by Crippen LogP contribution is 2.41. The van der Waals surface area contributed by atoms with E-state index in [0.717, 1.165) is 19.3 Å². The zero-order chi connectivity index (χ0) is 23.7. The molecule has 0 spiro atoms. The summed E-state index contributed by atoms with van der Waals surface area (Å²) in [6.45, 7) is 2.73. The van der Waals surface area contributed by atoms with Gasteiger partial charge in [-0.2, -0.15) is 4.31 Å². The molecule has 1 saturated heterocycles. The minimum Gasteiger partial charge on any atom is -0.324 e. The maximum absolute atomic E-state index is 13.5. The second kappa shape index (κ2) is 9.19. The van der Waals surface area contributed by atoms with E-state index in [4.69, 9.17) is 0 Å². The molecule has 1 N–H and O–H groups in total. The molecule has 0 atom stereocenters. The Morgan fingerprint density at radius 1 is 0.848 bits per heavy atom. The number of hydrogen-bond donors (Lipinski definition) is 1. The Hall–Kier alpha value is -2.23. The van der Waals surface area contributed by atoms with Crippen LogP contribution in [0.4, 0.5) is 5.69 Å². The first-order chi connectivity index (χ1) is 15.7. The van der Waals surface area contributed by atoms with E-state index < -0.39 is 30.5 Å². The van der Waals surface area contributed by atoms with E-state index in [-0.39, 0.29) is 22.6 Å². The van der Waals surface area contributed by atoms with E-state index in [9.17, 15) is 21.6 Å². The van der Waals surface area contributed by atoms with Crippen molar-refractivity contribution in [3.05, 3.63) is 54.1 Å². The zero-order valence-corrected chi connectivity index (χ0v) is 20.4. The number of carbonyl (C=O) groups is 1. The summed E-state index contributed by atoms with van der Waals surface area (Å²) in [6.07, 6.45) is 4.42. The lowest BCUT2D eigenvalue weighted by Crippen LogP contribution is -2.47. The van der Waals surface area contributed by atoms with E-state index in [1.807, 2.05) is 0 Å². The van der Waals surface area contributed by atoms with Crippen LogP contribution in [0.25, 0.3) is 0 Å². The molecule has 1 heterocycles. The molecule has 7 nitrogen and oxygen atoms in total. The molecule has 9 heteroatoms. The van der Waals surface area contributed by atoms with Gasteiger partial charge in [0.1, 0.15) is 0 Å². The number of amides is 1. The normalized spacial score (nSPS) is 19.3. The van der Waals surface area contributed by atoms with Crippen molar-refractivity contribution in [1.29, 1.82) is 0 Å². The average Bonchev–Trinajstić information content (AvgIpc) is 3.34. The summed E-state index contributed by atoms with van der Waals surface area (Å²) in [5.74, 6) is -0.598. The van der Waals surface area contributed by atoms with E-state index in [1.54, 1.807) is 37.3 Å². The molecule has 1 saturated carbocycles. The predicted molar refractivity (Wildman–Crippen MR) is 127 cm³/mol. The summed E-state index contributed by atoms with van der Waals surface area (Å²) in [7, 11) is -7.61. The molecular formula is C24H30N2O5S2. The number of anilines is 1. The van der Waals surface area contributed by atoms with Crippen LogP contribution >= 0.6 is 0 Å². The largest absolute Gasteiger partial charge is 0.324 e. The molecule has 2 aliphatic rings. The molecule has 2 aromatic carbocycles. The first-order valence-electron chi connectivity index (χ1n) is 11.4. The summed E-state index contributed by atoms with van der Waals surface area (Å²) < 4.78 is 53.2. The molecule has 0 bridgehead atoms. The lowest BCUT2D eigenvalue weighted by atomic mass is 10.1. The van der Waals surface area contributed by atoms with Crippen LogP contribution in [0.5, 0.6) is 0 Å². The first-order valence-corrected chi connectivity index (χ1v) is 14.3. The van der Waals surface area contributed by atoms with Crippen LogP contribution in [0.15, 0.2) is 58.3 Å². The van der Waals surface area contributed by atoms with Crippen LogP contribution in [0, 0.1) is 6.92 Å². The molecule has 1 amide bonds. The molecule has 4 rings (SSSR count). The van der Waals surface area contributed by atoms with Gasteiger partial charge in [0.25, 0.3) is 0 Å². The van der Waals surface area contributed by atoms with E-state index in [0.29, 0.717) is 37.2 Å². The fourth-order valence-electron chi connectivity index (χ4n) is 4.78. The Morgan fingerprint density at radius 3 is 2.12 bits per heavy atom. The zero-order valence-electron chi connectivity index (χ0n) is 18.8. The Balaban J connectivity index is 1.67. The standard InChI is InChI=1S/C24H30N2O5S2/c1-19-12-13-21(33(30,31)26-16-8-3-9-17-26)18-22(19)25-23(27)24(14-6-7-15-24)32(28,29)20-10-4-2-5-11-20/h2,4-5,10-13,18H,3,6-9,14-17H2,1H3,(H,25,27). The smallest absolute Gasteiger partial charge is 0.246 e. The Kier molecular flexibility index (Phi) is 6.66. The Labute approximate surface area is 196 Å². The summed E-state index contributed by atoms with van der Waals surface area (Å²) in [6, 6.07) is 12.7. The Morgan fingerprint density at radius 2 is 1.48 bits per heavy atom. The summed E-state index contributed by atoms with van der Waals surface area (Å²) in [5, 5.41) is 2.78. The number of sulfonamides is 1. The van der Waals surface area contributed by atoms with E-state index >= 15 is 0 Å². The van der Waals surface area contributed by atoms with Crippen molar-refractivity contribution >= 4 is 31.5 Å². The van der Waals surface area contributed by atoms with Gasteiger partial charge in [-0.25, -0.2) is 16.8 Å². The van der Waals surface area contributed by atoms with Crippen molar-refractivity contribution in [2.45, 2.75) is 66.4 Å². The van der Waals surface area contributed by atoms with Crippen molar-refractivity contribution in [2.75, 3.05) is 18.4 Å². The monoisotopic (exact) mass is 490 g/mol. The third kappa shape index (κ3) is 4.34. The van der Waals surface area contributed by atoms with Gasteiger partial charge in [0, 0.05) is 18.8 Å². The number of nitrogens with zero attached hydrogens (tertiary/aromatic N) is 1. The van der Waals surface area contributed by atoms with Crippen LogP contribution < -0.4 is 5.32 Å². The summed E-state index contributed by atoms with van der Waals surface area (Å²) >= 11 is 0. The molecule has 1 aliphatic carbocycles. The number of sulfone groups is 1. The first kappa shape index (κ1) is 23.9. The van der Waals surface area contributed by atoms with Crippen LogP contribution in [-0.2, 0) is 24.7 Å². The van der Waals surface area contributed by atoms with Gasteiger partial charge in [0.05, 0.1) is 9.79 Å². The average molecular weight is 491 g/mol. The fraction of sp³-hybridized carbons (Fsp3) is 0.458. The van der Waals surface area contributed by atoms with Gasteiger partial charge in [-0.15, -0.1) is 0 Å². The van der Waals surface area contributed by atoms with Crippen molar-refractivity contribution in [3.63, 3.8) is 0 Å². The minimum absolute atomic E-state index is 0.108. The van der Waals surface area contributed by atoms with E-state index in [2.05, 4.69) is 5.32 Å². The van der Waals surface area contributed by atoms with Crippen molar-refractivity contribution < 1.29 is 21.6 Å². The van der Waals surface area contributed by atoms with Gasteiger partial charge in [-0.3, -0.25) is 4.79 Å².